The summed E-state index contributed by atoms with van der Waals surface area (Å²) in [5.41, 5.74) is 4.19. The Balaban J connectivity index is 1.62. The lowest BCUT2D eigenvalue weighted by molar-refractivity contribution is 0.406. The molecule has 0 amide bonds. The van der Waals surface area contributed by atoms with Gasteiger partial charge in [0.2, 0.25) is 10.0 Å². The molecule has 1 heterocycles. The van der Waals surface area contributed by atoms with Gasteiger partial charge in [-0.05, 0) is 43.7 Å². The van der Waals surface area contributed by atoms with Gasteiger partial charge < -0.3 is 4.74 Å². The molecule has 4 aromatic carbocycles. The van der Waals surface area contributed by atoms with Crippen LogP contribution in [0, 0.1) is 6.92 Å². The summed E-state index contributed by atoms with van der Waals surface area (Å²) >= 11 is 0. The van der Waals surface area contributed by atoms with Crippen molar-refractivity contribution < 1.29 is 13.2 Å². The topological polar surface area (TPSA) is 55.4 Å². The van der Waals surface area contributed by atoms with Crippen molar-refractivity contribution >= 4 is 10.0 Å². The molecule has 0 saturated heterocycles. The van der Waals surface area contributed by atoms with E-state index in [1.165, 1.54) is 0 Å². The number of hydrogen-bond acceptors (Lipinski definition) is 3. The third kappa shape index (κ3) is 4.25. The fourth-order valence-electron chi connectivity index (χ4n) is 4.88. The Kier molecular flexibility index (Phi) is 5.98. The molecule has 5 heteroatoms. The first-order chi connectivity index (χ1) is 16.4. The molecule has 1 aliphatic rings. The van der Waals surface area contributed by atoms with Crippen LogP contribution in [0.25, 0.3) is 0 Å². The maximum atomic E-state index is 13.3. The third-order valence-corrected chi connectivity index (χ3v) is 8.06. The second kappa shape index (κ2) is 9.09. The molecule has 4 nitrogen and oxygen atoms in total. The molecular formula is C29H27NO3S. The summed E-state index contributed by atoms with van der Waals surface area (Å²) in [7, 11) is -3.70. The van der Waals surface area contributed by atoms with Crippen LogP contribution in [0.5, 0.6) is 11.5 Å². The van der Waals surface area contributed by atoms with Crippen LogP contribution in [0.1, 0.15) is 41.0 Å². The van der Waals surface area contributed by atoms with Crippen molar-refractivity contribution in [2.24, 2.45) is 0 Å². The molecular weight excluding hydrogens is 442 g/mol. The van der Waals surface area contributed by atoms with Gasteiger partial charge in [0.25, 0.3) is 0 Å². The number of sulfonamides is 1. The van der Waals surface area contributed by atoms with Crippen molar-refractivity contribution in [1.29, 1.82) is 0 Å². The molecule has 0 spiro atoms. The van der Waals surface area contributed by atoms with Crippen LogP contribution in [-0.2, 0) is 10.0 Å². The van der Waals surface area contributed by atoms with E-state index in [-0.39, 0.29) is 16.7 Å². The molecule has 0 unspecified atom stereocenters. The van der Waals surface area contributed by atoms with Gasteiger partial charge in [0.05, 0.1) is 4.90 Å². The van der Waals surface area contributed by atoms with Crippen molar-refractivity contribution in [3.8, 4) is 11.5 Å². The Morgan fingerprint density at radius 1 is 0.735 bits per heavy atom. The van der Waals surface area contributed by atoms with E-state index in [1.807, 2.05) is 80.6 Å². The predicted molar refractivity (Wildman–Crippen MR) is 135 cm³/mol. The summed E-state index contributed by atoms with van der Waals surface area (Å²) in [5, 5.41) is 0. The number of ether oxygens (including phenoxy) is 1. The lowest BCUT2D eigenvalue weighted by Crippen LogP contribution is -2.40. The second-order valence-corrected chi connectivity index (χ2v) is 10.5. The quantitative estimate of drug-likeness (QED) is 0.356. The van der Waals surface area contributed by atoms with Crippen molar-refractivity contribution in [3.63, 3.8) is 0 Å². The zero-order chi connectivity index (χ0) is 23.7. The molecule has 1 N–H and O–H groups in total. The maximum absolute atomic E-state index is 13.3. The highest BCUT2D eigenvalue weighted by Crippen LogP contribution is 2.51. The Morgan fingerprint density at radius 2 is 1.26 bits per heavy atom. The molecule has 34 heavy (non-hydrogen) atoms. The first-order valence-corrected chi connectivity index (χ1v) is 12.9. The zero-order valence-electron chi connectivity index (χ0n) is 19.2. The lowest BCUT2D eigenvalue weighted by atomic mass is 9.73. The van der Waals surface area contributed by atoms with E-state index in [2.05, 4.69) is 29.0 Å². The molecule has 0 fully saturated rings. The fraction of sp³-hybridized carbons (Fsp3) is 0.172. The molecule has 0 aromatic heterocycles. The molecule has 0 bridgehead atoms. The van der Waals surface area contributed by atoms with Crippen LogP contribution in [0.2, 0.25) is 0 Å². The number of rotatable bonds is 6. The standard InChI is InChI=1S/C29H27NO3S/c1-20-16-18-23(19-17-20)34(31,32)30-21(2)28(22-10-4-3-5-11-22)29-24-12-6-8-14-26(24)33-27-15-9-7-13-25(27)29/h3-19,21,28-30H,1-2H3/t21-,28-/m0/s1. The summed E-state index contributed by atoms with van der Waals surface area (Å²) in [6, 6.07) is 32.7. The minimum absolute atomic E-state index is 0.0840. The van der Waals surface area contributed by atoms with Crippen LogP contribution in [0.15, 0.2) is 108 Å². The molecule has 5 rings (SSSR count). The van der Waals surface area contributed by atoms with Gasteiger partial charge >= 0.3 is 0 Å². The summed E-state index contributed by atoms with van der Waals surface area (Å²) in [5.74, 6) is 1.37. The Labute approximate surface area is 201 Å². The highest BCUT2D eigenvalue weighted by molar-refractivity contribution is 7.89. The first kappa shape index (κ1) is 22.4. The Hall–Kier alpha value is -3.41. The van der Waals surface area contributed by atoms with Gasteiger partial charge in [0.15, 0.2) is 0 Å². The highest BCUT2D eigenvalue weighted by atomic mass is 32.2. The molecule has 1 aliphatic heterocycles. The summed E-state index contributed by atoms with van der Waals surface area (Å²) < 4.78 is 35.9. The summed E-state index contributed by atoms with van der Waals surface area (Å²) in [4.78, 5) is 0.268. The lowest BCUT2D eigenvalue weighted by Gasteiger charge is -2.37. The van der Waals surface area contributed by atoms with Gasteiger partial charge in [-0.25, -0.2) is 13.1 Å². The Bertz CT molecular complexity index is 1350. The number of benzene rings is 4. The number of nitrogens with one attached hydrogen (secondary N) is 1. The number of aryl methyl sites for hydroxylation is 1. The van der Waals surface area contributed by atoms with Crippen LogP contribution < -0.4 is 9.46 Å². The molecule has 0 saturated carbocycles. The minimum atomic E-state index is -3.70. The monoisotopic (exact) mass is 469 g/mol. The van der Waals surface area contributed by atoms with E-state index in [0.29, 0.717) is 0 Å². The summed E-state index contributed by atoms with van der Waals surface area (Å²) in [6.45, 7) is 3.89. The van der Waals surface area contributed by atoms with Crippen molar-refractivity contribution in [2.45, 2.75) is 36.6 Å². The molecule has 0 aliphatic carbocycles. The number of fused-ring (bicyclic) bond motifs is 2. The van der Waals surface area contributed by atoms with E-state index < -0.39 is 16.1 Å². The average molecular weight is 470 g/mol. The van der Waals surface area contributed by atoms with Crippen molar-refractivity contribution in [1.82, 2.24) is 4.72 Å². The van der Waals surface area contributed by atoms with Crippen LogP contribution in [0.3, 0.4) is 0 Å². The van der Waals surface area contributed by atoms with Crippen LogP contribution >= 0.6 is 0 Å². The van der Waals surface area contributed by atoms with Gasteiger partial charge in [0.1, 0.15) is 11.5 Å². The fourth-order valence-corrected chi connectivity index (χ4v) is 6.15. The van der Waals surface area contributed by atoms with Gasteiger partial charge in [-0.1, -0.05) is 84.4 Å². The largest absolute Gasteiger partial charge is 0.457 e. The SMILES string of the molecule is Cc1ccc(S(=O)(=O)N[C@@H](C)[C@@H](c2ccccc2)C2c3ccccc3Oc3ccccc32)cc1. The van der Waals surface area contributed by atoms with Gasteiger partial charge in [-0.3, -0.25) is 0 Å². The van der Waals surface area contributed by atoms with Gasteiger partial charge in [0, 0.05) is 29.0 Å². The average Bonchev–Trinajstić information content (AvgIpc) is 2.84. The molecule has 2 atom stereocenters. The first-order valence-electron chi connectivity index (χ1n) is 11.4. The predicted octanol–water partition coefficient (Wildman–Crippen LogP) is 6.38. The van der Waals surface area contributed by atoms with Gasteiger partial charge in [-0.15, -0.1) is 0 Å². The number of hydrogen-bond donors (Lipinski definition) is 1. The molecule has 0 radical (unpaired) electrons. The van der Waals surface area contributed by atoms with E-state index in [1.54, 1.807) is 12.1 Å². The van der Waals surface area contributed by atoms with Crippen LogP contribution in [0.4, 0.5) is 0 Å². The van der Waals surface area contributed by atoms with Crippen LogP contribution in [-0.4, -0.2) is 14.5 Å². The van der Waals surface area contributed by atoms with E-state index in [0.717, 1.165) is 33.8 Å². The van der Waals surface area contributed by atoms with E-state index in [4.69, 9.17) is 4.74 Å². The van der Waals surface area contributed by atoms with E-state index >= 15 is 0 Å². The number of para-hydroxylation sites is 2. The minimum Gasteiger partial charge on any atom is -0.457 e. The molecule has 4 aromatic rings. The van der Waals surface area contributed by atoms with Gasteiger partial charge in [-0.2, -0.15) is 0 Å². The van der Waals surface area contributed by atoms with Crippen molar-refractivity contribution in [3.05, 3.63) is 125 Å². The van der Waals surface area contributed by atoms with E-state index in [9.17, 15) is 8.42 Å². The summed E-state index contributed by atoms with van der Waals surface area (Å²) in [6.07, 6.45) is 0. The smallest absolute Gasteiger partial charge is 0.240 e. The van der Waals surface area contributed by atoms with Crippen molar-refractivity contribution in [2.75, 3.05) is 0 Å². The second-order valence-electron chi connectivity index (χ2n) is 8.81. The third-order valence-electron chi connectivity index (χ3n) is 6.48. The maximum Gasteiger partial charge on any atom is 0.240 e. The Morgan fingerprint density at radius 3 is 1.85 bits per heavy atom. The highest BCUT2D eigenvalue weighted by Gasteiger charge is 2.38. The zero-order valence-corrected chi connectivity index (χ0v) is 20.0. The normalized spacial score (nSPS) is 15.0. The molecule has 172 valence electrons.